The predicted molar refractivity (Wildman–Crippen MR) is 84.6 cm³/mol. The molecule has 6 heteroatoms. The zero-order valence-corrected chi connectivity index (χ0v) is 13.3. The third-order valence-electron chi connectivity index (χ3n) is 3.04. The van der Waals surface area contributed by atoms with Gasteiger partial charge in [-0.3, -0.25) is 4.79 Å². The second kappa shape index (κ2) is 9.86. The van der Waals surface area contributed by atoms with Crippen molar-refractivity contribution in [3.63, 3.8) is 0 Å². The summed E-state index contributed by atoms with van der Waals surface area (Å²) in [5.41, 5.74) is 5.81. The van der Waals surface area contributed by atoms with Gasteiger partial charge in [-0.05, 0) is 30.2 Å². The number of benzene rings is 1. The summed E-state index contributed by atoms with van der Waals surface area (Å²) in [6.07, 6.45) is 0.885. The Hall–Kier alpha value is -0.970. The number of ether oxygens (including phenoxy) is 1. The molecular formula is C14H22Cl2N2O2. The minimum absolute atomic E-state index is 0. The fourth-order valence-corrected chi connectivity index (χ4v) is 1.63. The molecule has 0 aliphatic heterocycles. The highest BCUT2D eigenvalue weighted by Gasteiger charge is 2.18. The first-order valence-electron chi connectivity index (χ1n) is 6.46. The molecule has 0 spiro atoms. The van der Waals surface area contributed by atoms with Crippen LogP contribution in [0.1, 0.15) is 20.3 Å². The van der Waals surface area contributed by atoms with Crippen molar-refractivity contribution >= 4 is 29.9 Å². The number of nitrogens with two attached hydrogens (primary N) is 1. The Morgan fingerprint density at radius 1 is 1.40 bits per heavy atom. The van der Waals surface area contributed by atoms with E-state index in [4.69, 9.17) is 22.1 Å². The van der Waals surface area contributed by atoms with Crippen molar-refractivity contribution in [3.8, 4) is 5.75 Å². The Morgan fingerprint density at radius 2 is 2.00 bits per heavy atom. The SMILES string of the molecule is CCC(C)C(N)C(=O)NCCOc1ccc(Cl)cc1.Cl. The van der Waals surface area contributed by atoms with E-state index < -0.39 is 6.04 Å². The number of rotatable bonds is 7. The summed E-state index contributed by atoms with van der Waals surface area (Å²) < 4.78 is 5.46. The van der Waals surface area contributed by atoms with Gasteiger partial charge in [0, 0.05) is 5.02 Å². The lowest BCUT2D eigenvalue weighted by Crippen LogP contribution is -2.45. The molecule has 0 radical (unpaired) electrons. The molecule has 114 valence electrons. The highest BCUT2D eigenvalue weighted by atomic mass is 35.5. The standard InChI is InChI=1S/C14H21ClN2O2.ClH/c1-3-10(2)13(16)14(18)17-8-9-19-12-6-4-11(15)5-7-12;/h4-7,10,13H,3,8-9,16H2,1-2H3,(H,17,18);1H. The minimum atomic E-state index is -0.458. The van der Waals surface area contributed by atoms with Crippen LogP contribution in [0.4, 0.5) is 0 Å². The van der Waals surface area contributed by atoms with Gasteiger partial charge >= 0.3 is 0 Å². The largest absolute Gasteiger partial charge is 0.492 e. The molecule has 20 heavy (non-hydrogen) atoms. The van der Waals surface area contributed by atoms with E-state index in [0.717, 1.165) is 12.2 Å². The van der Waals surface area contributed by atoms with E-state index in [0.29, 0.717) is 18.2 Å². The highest BCUT2D eigenvalue weighted by Crippen LogP contribution is 2.15. The second-order valence-electron chi connectivity index (χ2n) is 4.50. The lowest BCUT2D eigenvalue weighted by Gasteiger charge is -2.17. The van der Waals surface area contributed by atoms with Crippen LogP contribution in [0.25, 0.3) is 0 Å². The first-order chi connectivity index (χ1) is 9.04. The van der Waals surface area contributed by atoms with Crippen molar-refractivity contribution in [1.82, 2.24) is 5.32 Å². The zero-order valence-electron chi connectivity index (χ0n) is 11.8. The molecule has 2 atom stereocenters. The first-order valence-corrected chi connectivity index (χ1v) is 6.84. The third kappa shape index (κ3) is 6.46. The first kappa shape index (κ1) is 19.0. The number of nitrogens with one attached hydrogen (secondary N) is 1. The molecule has 0 bridgehead atoms. The van der Waals surface area contributed by atoms with Crippen LogP contribution in [-0.4, -0.2) is 25.1 Å². The number of amides is 1. The normalized spacial score (nSPS) is 13.0. The van der Waals surface area contributed by atoms with Gasteiger partial charge in [0.1, 0.15) is 12.4 Å². The van der Waals surface area contributed by atoms with Crippen molar-refractivity contribution < 1.29 is 9.53 Å². The zero-order chi connectivity index (χ0) is 14.3. The van der Waals surface area contributed by atoms with Gasteiger partial charge in [0.2, 0.25) is 5.91 Å². The van der Waals surface area contributed by atoms with E-state index in [2.05, 4.69) is 5.32 Å². The number of hydrogen-bond donors (Lipinski definition) is 2. The van der Waals surface area contributed by atoms with Gasteiger partial charge in [-0.2, -0.15) is 0 Å². The van der Waals surface area contributed by atoms with Gasteiger partial charge in [-0.1, -0.05) is 31.9 Å². The number of carbonyl (C=O) groups is 1. The Morgan fingerprint density at radius 3 is 2.55 bits per heavy atom. The molecule has 1 aromatic rings. The van der Waals surface area contributed by atoms with E-state index >= 15 is 0 Å². The molecular weight excluding hydrogens is 299 g/mol. The Bertz CT molecular complexity index is 399. The predicted octanol–water partition coefficient (Wildman–Crippen LogP) is 2.63. The molecule has 0 fully saturated rings. The Balaban J connectivity index is 0.00000361. The van der Waals surface area contributed by atoms with Crippen LogP contribution in [0.3, 0.4) is 0 Å². The van der Waals surface area contributed by atoms with E-state index in [9.17, 15) is 4.79 Å². The number of hydrogen-bond acceptors (Lipinski definition) is 3. The van der Waals surface area contributed by atoms with Gasteiger partial charge in [0.25, 0.3) is 0 Å². The van der Waals surface area contributed by atoms with Crippen LogP contribution in [0, 0.1) is 5.92 Å². The van der Waals surface area contributed by atoms with Crippen LogP contribution < -0.4 is 15.8 Å². The molecule has 1 amide bonds. The fourth-order valence-electron chi connectivity index (χ4n) is 1.50. The summed E-state index contributed by atoms with van der Waals surface area (Å²) in [5.74, 6) is 0.774. The van der Waals surface area contributed by atoms with E-state index in [1.807, 2.05) is 13.8 Å². The average molecular weight is 321 g/mol. The summed E-state index contributed by atoms with van der Waals surface area (Å²) in [6.45, 7) is 4.82. The maximum absolute atomic E-state index is 11.7. The maximum Gasteiger partial charge on any atom is 0.237 e. The van der Waals surface area contributed by atoms with E-state index in [1.54, 1.807) is 24.3 Å². The molecule has 0 saturated heterocycles. The lowest BCUT2D eigenvalue weighted by molar-refractivity contribution is -0.123. The van der Waals surface area contributed by atoms with Gasteiger partial charge in [0.15, 0.2) is 0 Å². The lowest BCUT2D eigenvalue weighted by atomic mass is 9.99. The van der Waals surface area contributed by atoms with Gasteiger partial charge < -0.3 is 15.8 Å². The van der Waals surface area contributed by atoms with Crippen molar-refractivity contribution in [2.24, 2.45) is 11.7 Å². The molecule has 1 aromatic carbocycles. The van der Waals surface area contributed by atoms with Crippen LogP contribution in [-0.2, 0) is 4.79 Å². The molecule has 0 saturated carbocycles. The van der Waals surface area contributed by atoms with E-state index in [1.165, 1.54) is 0 Å². The number of halogens is 2. The molecule has 0 heterocycles. The van der Waals surface area contributed by atoms with Crippen molar-refractivity contribution in [2.75, 3.05) is 13.2 Å². The summed E-state index contributed by atoms with van der Waals surface area (Å²) in [6, 6.07) is 6.63. The summed E-state index contributed by atoms with van der Waals surface area (Å²) in [7, 11) is 0. The van der Waals surface area contributed by atoms with Crippen LogP contribution in [0.2, 0.25) is 5.02 Å². The minimum Gasteiger partial charge on any atom is -0.492 e. The maximum atomic E-state index is 11.7. The van der Waals surface area contributed by atoms with Gasteiger partial charge in [-0.25, -0.2) is 0 Å². The summed E-state index contributed by atoms with van der Waals surface area (Å²) in [4.78, 5) is 11.7. The second-order valence-corrected chi connectivity index (χ2v) is 4.94. The van der Waals surface area contributed by atoms with Crippen LogP contribution in [0.5, 0.6) is 5.75 Å². The molecule has 0 aliphatic rings. The molecule has 0 aliphatic carbocycles. The topological polar surface area (TPSA) is 64.4 Å². The summed E-state index contributed by atoms with van der Waals surface area (Å²) in [5, 5.41) is 3.43. The Kier molecular flexibility index (Phi) is 9.38. The van der Waals surface area contributed by atoms with Crippen molar-refractivity contribution in [3.05, 3.63) is 29.3 Å². The monoisotopic (exact) mass is 320 g/mol. The molecule has 0 aromatic heterocycles. The van der Waals surface area contributed by atoms with E-state index in [-0.39, 0.29) is 24.2 Å². The smallest absolute Gasteiger partial charge is 0.237 e. The number of carbonyl (C=O) groups excluding carboxylic acids is 1. The van der Waals surface area contributed by atoms with Gasteiger partial charge in [0.05, 0.1) is 12.6 Å². The van der Waals surface area contributed by atoms with Gasteiger partial charge in [-0.15, -0.1) is 12.4 Å². The molecule has 1 rings (SSSR count). The van der Waals surface area contributed by atoms with Crippen LogP contribution >= 0.6 is 24.0 Å². The fraction of sp³-hybridized carbons (Fsp3) is 0.500. The highest BCUT2D eigenvalue weighted by molar-refractivity contribution is 6.30. The summed E-state index contributed by atoms with van der Waals surface area (Å²) >= 11 is 5.77. The average Bonchev–Trinajstić information content (AvgIpc) is 2.43. The van der Waals surface area contributed by atoms with Crippen molar-refractivity contribution in [1.29, 1.82) is 0 Å². The van der Waals surface area contributed by atoms with Crippen molar-refractivity contribution in [2.45, 2.75) is 26.3 Å². The third-order valence-corrected chi connectivity index (χ3v) is 3.30. The van der Waals surface area contributed by atoms with Crippen LogP contribution in [0.15, 0.2) is 24.3 Å². The quantitative estimate of drug-likeness (QED) is 0.759. The molecule has 2 unspecified atom stereocenters. The Labute approximate surface area is 131 Å². The molecule has 4 nitrogen and oxygen atoms in total. The molecule has 3 N–H and O–H groups in total.